The van der Waals surface area contributed by atoms with Crippen molar-refractivity contribution >= 4 is 11.6 Å². The van der Waals surface area contributed by atoms with Crippen LogP contribution in [0.5, 0.6) is 11.5 Å². The van der Waals surface area contributed by atoms with Gasteiger partial charge in [0.05, 0.1) is 11.3 Å². The number of alkyl halides is 2. The van der Waals surface area contributed by atoms with Gasteiger partial charge in [-0.1, -0.05) is 45.0 Å². The molecule has 7 heteroatoms. The average Bonchev–Trinajstić information content (AvgIpc) is 3.05. The van der Waals surface area contributed by atoms with Crippen LogP contribution >= 0.6 is 0 Å². The first-order valence-electron chi connectivity index (χ1n) is 9.57. The molecule has 1 aromatic heterocycles. The molecule has 2 aromatic carbocycles. The summed E-state index contributed by atoms with van der Waals surface area (Å²) < 4.78 is 33.8. The summed E-state index contributed by atoms with van der Waals surface area (Å²) in [6, 6.07) is 12.9. The van der Waals surface area contributed by atoms with Crippen LogP contribution in [0.2, 0.25) is 0 Å². The Morgan fingerprint density at radius 2 is 1.83 bits per heavy atom. The van der Waals surface area contributed by atoms with Gasteiger partial charge in [0.15, 0.2) is 5.75 Å². The van der Waals surface area contributed by atoms with Gasteiger partial charge in [0.25, 0.3) is 12.3 Å². The van der Waals surface area contributed by atoms with Crippen molar-refractivity contribution in [2.24, 2.45) is 7.05 Å². The van der Waals surface area contributed by atoms with Gasteiger partial charge in [0.1, 0.15) is 11.4 Å². The topological polar surface area (TPSA) is 56.1 Å². The fourth-order valence-corrected chi connectivity index (χ4v) is 3.14. The maximum atomic E-state index is 13.2. The number of carbonyl (C=O) groups excluding carboxylic acids is 1. The molecule has 3 rings (SSSR count). The highest BCUT2D eigenvalue weighted by Crippen LogP contribution is 2.37. The van der Waals surface area contributed by atoms with Gasteiger partial charge in [0.2, 0.25) is 0 Å². The van der Waals surface area contributed by atoms with E-state index in [1.54, 1.807) is 24.3 Å². The van der Waals surface area contributed by atoms with Gasteiger partial charge in [-0.05, 0) is 36.1 Å². The van der Waals surface area contributed by atoms with Crippen LogP contribution < -0.4 is 10.1 Å². The number of aromatic nitrogens is 2. The predicted octanol–water partition coefficient (Wildman–Crippen LogP) is 6.01. The smallest absolute Gasteiger partial charge is 0.282 e. The third kappa shape index (κ3) is 4.67. The van der Waals surface area contributed by atoms with E-state index in [0.717, 1.165) is 11.1 Å². The molecule has 1 heterocycles. The van der Waals surface area contributed by atoms with E-state index in [1.165, 1.54) is 17.9 Å². The number of para-hydroxylation sites is 2. The Hall–Kier alpha value is -3.22. The number of ether oxygens (including phenoxy) is 1. The summed E-state index contributed by atoms with van der Waals surface area (Å²) in [7, 11) is 1.49. The molecule has 3 aromatic rings. The Balaban J connectivity index is 1.94. The molecular formula is C23H25F2N3O2. The van der Waals surface area contributed by atoms with Gasteiger partial charge >= 0.3 is 0 Å². The summed E-state index contributed by atoms with van der Waals surface area (Å²) in [5.74, 6) is 0.429. The molecule has 1 N–H and O–H groups in total. The van der Waals surface area contributed by atoms with Crippen LogP contribution in [-0.2, 0) is 12.5 Å². The zero-order chi connectivity index (χ0) is 22.1. The van der Waals surface area contributed by atoms with Crippen molar-refractivity contribution < 1.29 is 18.3 Å². The number of aryl methyl sites for hydroxylation is 2. The SMILES string of the molecule is Cc1ccc(C(C)(C)C)c(Oc2ccccc2NC(=O)c2cn(C)nc2C(F)F)c1. The van der Waals surface area contributed by atoms with Gasteiger partial charge in [-0.15, -0.1) is 0 Å². The quantitative estimate of drug-likeness (QED) is 0.557. The molecular weight excluding hydrogens is 388 g/mol. The maximum Gasteiger partial charge on any atom is 0.282 e. The van der Waals surface area contributed by atoms with Crippen molar-refractivity contribution in [3.05, 3.63) is 71.0 Å². The summed E-state index contributed by atoms with van der Waals surface area (Å²) in [5.41, 5.74) is 1.56. The number of anilines is 1. The fourth-order valence-electron chi connectivity index (χ4n) is 3.14. The van der Waals surface area contributed by atoms with Crippen molar-refractivity contribution in [2.75, 3.05) is 5.32 Å². The van der Waals surface area contributed by atoms with Gasteiger partial charge in [-0.3, -0.25) is 9.48 Å². The monoisotopic (exact) mass is 413 g/mol. The van der Waals surface area contributed by atoms with E-state index in [-0.39, 0.29) is 11.0 Å². The van der Waals surface area contributed by atoms with Crippen LogP contribution in [0.3, 0.4) is 0 Å². The summed E-state index contributed by atoms with van der Waals surface area (Å²) >= 11 is 0. The second-order valence-electron chi connectivity index (χ2n) is 8.20. The maximum absolute atomic E-state index is 13.2. The zero-order valence-electron chi connectivity index (χ0n) is 17.7. The lowest BCUT2D eigenvalue weighted by atomic mass is 9.86. The molecule has 0 saturated heterocycles. The number of hydrogen-bond acceptors (Lipinski definition) is 3. The van der Waals surface area contributed by atoms with Gasteiger partial charge in [0, 0.05) is 18.8 Å². The Kier molecular flexibility index (Phi) is 5.92. The molecule has 0 unspecified atom stereocenters. The zero-order valence-corrected chi connectivity index (χ0v) is 17.7. The number of amides is 1. The molecule has 0 aliphatic carbocycles. The number of benzene rings is 2. The summed E-state index contributed by atoms with van der Waals surface area (Å²) in [5, 5.41) is 6.36. The molecule has 0 fully saturated rings. The molecule has 0 saturated carbocycles. The second kappa shape index (κ2) is 8.26. The minimum atomic E-state index is -2.85. The summed E-state index contributed by atoms with van der Waals surface area (Å²) in [6.45, 7) is 8.24. The Labute approximate surface area is 174 Å². The third-order valence-corrected chi connectivity index (χ3v) is 4.61. The molecule has 0 aliphatic heterocycles. The molecule has 1 amide bonds. The lowest BCUT2D eigenvalue weighted by Crippen LogP contribution is -2.15. The van der Waals surface area contributed by atoms with E-state index in [0.29, 0.717) is 17.2 Å². The highest BCUT2D eigenvalue weighted by molar-refractivity contribution is 6.05. The highest BCUT2D eigenvalue weighted by atomic mass is 19.3. The minimum absolute atomic E-state index is 0.150. The number of halogens is 2. The first-order valence-corrected chi connectivity index (χ1v) is 9.57. The fraction of sp³-hybridized carbons (Fsp3) is 0.304. The Bertz CT molecular complexity index is 1070. The van der Waals surface area contributed by atoms with Crippen molar-refractivity contribution in [3.63, 3.8) is 0 Å². The van der Waals surface area contributed by atoms with E-state index in [2.05, 4.69) is 31.2 Å². The van der Waals surface area contributed by atoms with E-state index < -0.39 is 18.0 Å². The predicted molar refractivity (Wildman–Crippen MR) is 113 cm³/mol. The van der Waals surface area contributed by atoms with Crippen LogP contribution in [0.25, 0.3) is 0 Å². The van der Waals surface area contributed by atoms with Crippen molar-refractivity contribution in [1.82, 2.24) is 9.78 Å². The molecule has 0 atom stereocenters. The number of rotatable bonds is 5. The molecule has 158 valence electrons. The van der Waals surface area contributed by atoms with Crippen LogP contribution in [0, 0.1) is 6.92 Å². The summed E-state index contributed by atoms with van der Waals surface area (Å²) in [6.07, 6.45) is -1.57. The van der Waals surface area contributed by atoms with Crippen LogP contribution in [0.4, 0.5) is 14.5 Å². The standard InChI is InChI=1S/C23H25F2N3O2/c1-14-10-11-16(23(2,3)4)19(12-14)30-18-9-7-6-8-17(18)26-22(29)15-13-28(5)27-20(15)21(24)25/h6-13,21H,1-5H3,(H,26,29). The highest BCUT2D eigenvalue weighted by Gasteiger charge is 2.24. The Morgan fingerprint density at radius 1 is 1.13 bits per heavy atom. The first kappa shape index (κ1) is 21.5. The number of carbonyl (C=O) groups is 1. The van der Waals surface area contributed by atoms with Gasteiger partial charge < -0.3 is 10.1 Å². The van der Waals surface area contributed by atoms with E-state index in [1.807, 2.05) is 25.1 Å². The van der Waals surface area contributed by atoms with E-state index in [4.69, 9.17) is 4.74 Å². The number of nitrogens with zero attached hydrogens (tertiary/aromatic N) is 2. The lowest BCUT2D eigenvalue weighted by Gasteiger charge is -2.23. The summed E-state index contributed by atoms with van der Waals surface area (Å²) in [4.78, 5) is 12.7. The van der Waals surface area contributed by atoms with Crippen molar-refractivity contribution in [3.8, 4) is 11.5 Å². The molecule has 0 spiro atoms. The van der Waals surface area contributed by atoms with E-state index in [9.17, 15) is 13.6 Å². The average molecular weight is 413 g/mol. The second-order valence-corrected chi connectivity index (χ2v) is 8.20. The third-order valence-electron chi connectivity index (χ3n) is 4.61. The van der Waals surface area contributed by atoms with Gasteiger partial charge in [-0.25, -0.2) is 8.78 Å². The first-order chi connectivity index (χ1) is 14.1. The minimum Gasteiger partial charge on any atom is -0.455 e. The largest absolute Gasteiger partial charge is 0.455 e. The normalized spacial score (nSPS) is 11.6. The number of nitrogens with one attached hydrogen (secondary N) is 1. The number of hydrogen-bond donors (Lipinski definition) is 1. The molecule has 0 bridgehead atoms. The molecule has 0 radical (unpaired) electrons. The van der Waals surface area contributed by atoms with Crippen LogP contribution in [-0.4, -0.2) is 15.7 Å². The van der Waals surface area contributed by atoms with E-state index >= 15 is 0 Å². The lowest BCUT2D eigenvalue weighted by molar-refractivity contribution is 0.101. The van der Waals surface area contributed by atoms with Gasteiger partial charge in [-0.2, -0.15) is 5.10 Å². The molecule has 30 heavy (non-hydrogen) atoms. The Morgan fingerprint density at radius 3 is 2.50 bits per heavy atom. The van der Waals surface area contributed by atoms with Crippen LogP contribution in [0.15, 0.2) is 48.7 Å². The molecule has 0 aliphatic rings. The molecule has 5 nitrogen and oxygen atoms in total. The van der Waals surface area contributed by atoms with Crippen molar-refractivity contribution in [2.45, 2.75) is 39.5 Å². The van der Waals surface area contributed by atoms with Crippen LogP contribution in [0.1, 0.15) is 54.4 Å². The van der Waals surface area contributed by atoms with Crippen molar-refractivity contribution in [1.29, 1.82) is 0 Å².